The molecule has 1 aromatic carbocycles. The minimum absolute atomic E-state index is 0.0718. The number of benzene rings is 1. The van der Waals surface area contributed by atoms with Crippen molar-refractivity contribution >= 4 is 28.6 Å². The standard InChI is InChI=1S/C23H26FN5O3/c1-4-32-23(31)17-14-25-21-19(15(2)26-27(21)3)20(17)28-10-7-11-29(13-12-28)22(30)16-8-5-6-9-18(16)24/h5-6,8-9,14H,4,7,10-13H2,1-3H3. The molecule has 1 aliphatic heterocycles. The number of fused-ring (bicyclic) bond motifs is 1. The zero-order valence-electron chi connectivity index (χ0n) is 18.5. The number of rotatable bonds is 4. The molecule has 0 atom stereocenters. The quantitative estimate of drug-likeness (QED) is 0.582. The van der Waals surface area contributed by atoms with E-state index in [-0.39, 0.29) is 18.1 Å². The van der Waals surface area contributed by atoms with Crippen LogP contribution in [0.25, 0.3) is 11.0 Å². The Labute approximate surface area is 185 Å². The number of nitrogens with zero attached hydrogens (tertiary/aromatic N) is 5. The molecule has 0 unspecified atom stereocenters. The van der Waals surface area contributed by atoms with E-state index >= 15 is 0 Å². The second kappa shape index (κ2) is 8.94. The van der Waals surface area contributed by atoms with Crippen molar-refractivity contribution in [1.82, 2.24) is 19.7 Å². The second-order valence-electron chi connectivity index (χ2n) is 7.76. The van der Waals surface area contributed by atoms with Gasteiger partial charge in [-0.3, -0.25) is 9.48 Å². The maximum Gasteiger partial charge on any atom is 0.341 e. The molecule has 3 aromatic rings. The van der Waals surface area contributed by atoms with E-state index in [1.807, 2.05) is 14.0 Å². The molecular formula is C23H26FN5O3. The summed E-state index contributed by atoms with van der Waals surface area (Å²) in [6.07, 6.45) is 2.20. The van der Waals surface area contributed by atoms with E-state index in [0.717, 1.165) is 16.8 Å². The van der Waals surface area contributed by atoms with Gasteiger partial charge in [-0.15, -0.1) is 0 Å². The van der Waals surface area contributed by atoms with Crippen molar-refractivity contribution in [3.05, 3.63) is 53.1 Å². The van der Waals surface area contributed by atoms with Crippen molar-refractivity contribution in [3.63, 3.8) is 0 Å². The molecule has 0 bridgehead atoms. The number of pyridine rings is 1. The molecule has 1 saturated heterocycles. The summed E-state index contributed by atoms with van der Waals surface area (Å²) in [5.41, 5.74) is 2.61. The van der Waals surface area contributed by atoms with Gasteiger partial charge in [0, 0.05) is 39.4 Å². The molecule has 2 aromatic heterocycles. The minimum atomic E-state index is -0.523. The van der Waals surface area contributed by atoms with Gasteiger partial charge in [0.2, 0.25) is 0 Å². The molecule has 0 spiro atoms. The van der Waals surface area contributed by atoms with Crippen molar-refractivity contribution in [2.24, 2.45) is 7.05 Å². The third-order valence-corrected chi connectivity index (χ3v) is 5.70. The molecule has 1 aliphatic rings. The van der Waals surface area contributed by atoms with Gasteiger partial charge in [0.25, 0.3) is 5.91 Å². The molecule has 1 amide bonds. The van der Waals surface area contributed by atoms with E-state index in [1.165, 1.54) is 18.3 Å². The van der Waals surface area contributed by atoms with Gasteiger partial charge in [0.15, 0.2) is 5.65 Å². The van der Waals surface area contributed by atoms with Crippen molar-refractivity contribution in [2.45, 2.75) is 20.3 Å². The number of hydrogen-bond donors (Lipinski definition) is 0. The Hall–Kier alpha value is -3.49. The number of carbonyl (C=O) groups excluding carboxylic acids is 2. The van der Waals surface area contributed by atoms with E-state index in [4.69, 9.17) is 4.74 Å². The molecular weight excluding hydrogens is 413 g/mol. The topological polar surface area (TPSA) is 80.6 Å². The third kappa shape index (κ3) is 3.90. The van der Waals surface area contributed by atoms with Gasteiger partial charge in [0.1, 0.15) is 11.4 Å². The molecule has 0 radical (unpaired) electrons. The molecule has 168 valence electrons. The fraction of sp³-hybridized carbons (Fsp3) is 0.391. The van der Waals surface area contributed by atoms with Crippen molar-refractivity contribution in [1.29, 1.82) is 0 Å². The van der Waals surface area contributed by atoms with E-state index < -0.39 is 11.8 Å². The summed E-state index contributed by atoms with van der Waals surface area (Å²) < 4.78 is 21.1. The first kappa shape index (κ1) is 21.7. The van der Waals surface area contributed by atoms with Gasteiger partial charge in [-0.05, 0) is 32.4 Å². The summed E-state index contributed by atoms with van der Waals surface area (Å²) in [6, 6.07) is 6.02. The SMILES string of the molecule is CCOC(=O)c1cnc2c(c(C)nn2C)c1N1CCCN(C(=O)c2ccccc2F)CC1. The van der Waals surface area contributed by atoms with Gasteiger partial charge >= 0.3 is 5.97 Å². The summed E-state index contributed by atoms with van der Waals surface area (Å²) in [5.74, 6) is -1.29. The Morgan fingerprint density at radius 1 is 1.12 bits per heavy atom. The first-order valence-electron chi connectivity index (χ1n) is 10.7. The number of ether oxygens (including phenoxy) is 1. The molecule has 32 heavy (non-hydrogen) atoms. The van der Waals surface area contributed by atoms with Crippen LogP contribution >= 0.6 is 0 Å². The highest BCUT2D eigenvalue weighted by Gasteiger charge is 2.28. The molecule has 1 fully saturated rings. The van der Waals surface area contributed by atoms with Crippen LogP contribution in [0.5, 0.6) is 0 Å². The highest BCUT2D eigenvalue weighted by atomic mass is 19.1. The number of amides is 1. The smallest absolute Gasteiger partial charge is 0.341 e. The lowest BCUT2D eigenvalue weighted by molar-refractivity contribution is 0.0526. The average molecular weight is 439 g/mol. The van der Waals surface area contributed by atoms with Crippen LogP contribution in [0.15, 0.2) is 30.5 Å². The summed E-state index contributed by atoms with van der Waals surface area (Å²) in [6.45, 7) is 5.91. The molecule has 0 saturated carbocycles. The van der Waals surface area contributed by atoms with Gasteiger partial charge in [-0.1, -0.05) is 12.1 Å². The zero-order valence-corrected chi connectivity index (χ0v) is 18.5. The Morgan fingerprint density at radius 2 is 1.91 bits per heavy atom. The lowest BCUT2D eigenvalue weighted by atomic mass is 10.1. The van der Waals surface area contributed by atoms with Gasteiger partial charge in [-0.25, -0.2) is 14.2 Å². The normalized spacial score (nSPS) is 14.5. The average Bonchev–Trinajstić information content (AvgIpc) is 2.94. The van der Waals surface area contributed by atoms with Crippen LogP contribution in [-0.4, -0.2) is 64.3 Å². The molecule has 3 heterocycles. The summed E-state index contributed by atoms with van der Waals surface area (Å²) in [7, 11) is 1.81. The van der Waals surface area contributed by atoms with E-state index in [0.29, 0.717) is 43.8 Å². The van der Waals surface area contributed by atoms with E-state index in [1.54, 1.807) is 28.6 Å². The maximum absolute atomic E-state index is 14.1. The van der Waals surface area contributed by atoms with E-state index in [9.17, 15) is 14.0 Å². The van der Waals surface area contributed by atoms with Crippen LogP contribution in [0, 0.1) is 12.7 Å². The van der Waals surface area contributed by atoms with Gasteiger partial charge in [-0.2, -0.15) is 5.10 Å². The van der Waals surface area contributed by atoms with Crippen LogP contribution in [0.1, 0.15) is 39.8 Å². The Balaban J connectivity index is 1.69. The molecule has 4 rings (SSSR count). The summed E-state index contributed by atoms with van der Waals surface area (Å²) in [4.78, 5) is 33.8. The van der Waals surface area contributed by atoms with Gasteiger partial charge in [0.05, 0.1) is 28.9 Å². The summed E-state index contributed by atoms with van der Waals surface area (Å²) >= 11 is 0. The predicted octanol–water partition coefficient (Wildman–Crippen LogP) is 2.95. The number of hydrogen-bond acceptors (Lipinski definition) is 6. The Morgan fingerprint density at radius 3 is 2.66 bits per heavy atom. The van der Waals surface area contributed by atoms with Crippen molar-refractivity contribution < 1.29 is 18.7 Å². The van der Waals surface area contributed by atoms with Crippen LogP contribution in [0.3, 0.4) is 0 Å². The van der Waals surface area contributed by atoms with E-state index in [2.05, 4.69) is 15.0 Å². The van der Waals surface area contributed by atoms with Gasteiger partial charge < -0.3 is 14.5 Å². The fourth-order valence-electron chi connectivity index (χ4n) is 4.23. The highest BCUT2D eigenvalue weighted by molar-refractivity contribution is 6.05. The highest BCUT2D eigenvalue weighted by Crippen LogP contribution is 2.33. The lowest BCUT2D eigenvalue weighted by Gasteiger charge is -2.26. The summed E-state index contributed by atoms with van der Waals surface area (Å²) in [5, 5.41) is 5.28. The number of carbonyl (C=O) groups is 2. The maximum atomic E-state index is 14.1. The number of anilines is 1. The number of halogens is 1. The molecule has 0 N–H and O–H groups in total. The van der Waals surface area contributed by atoms with Crippen LogP contribution in [0.4, 0.5) is 10.1 Å². The Bertz CT molecular complexity index is 1180. The number of aryl methyl sites for hydroxylation is 2. The van der Waals surface area contributed by atoms with Crippen LogP contribution in [0.2, 0.25) is 0 Å². The number of aromatic nitrogens is 3. The minimum Gasteiger partial charge on any atom is -0.462 e. The predicted molar refractivity (Wildman–Crippen MR) is 118 cm³/mol. The zero-order chi connectivity index (χ0) is 22.8. The molecule has 9 heteroatoms. The lowest BCUT2D eigenvalue weighted by Crippen LogP contribution is -2.36. The first-order chi connectivity index (χ1) is 15.4. The molecule has 8 nitrogen and oxygen atoms in total. The Kier molecular flexibility index (Phi) is 6.07. The monoisotopic (exact) mass is 439 g/mol. The molecule has 0 aliphatic carbocycles. The fourth-order valence-corrected chi connectivity index (χ4v) is 4.23. The van der Waals surface area contributed by atoms with Crippen molar-refractivity contribution in [2.75, 3.05) is 37.7 Å². The van der Waals surface area contributed by atoms with Crippen LogP contribution in [-0.2, 0) is 11.8 Å². The largest absolute Gasteiger partial charge is 0.462 e. The number of esters is 1. The van der Waals surface area contributed by atoms with Crippen molar-refractivity contribution in [3.8, 4) is 0 Å². The van der Waals surface area contributed by atoms with Crippen LogP contribution < -0.4 is 4.90 Å². The first-order valence-corrected chi connectivity index (χ1v) is 10.7. The second-order valence-corrected chi connectivity index (χ2v) is 7.76. The third-order valence-electron chi connectivity index (χ3n) is 5.70.